The monoisotopic (exact) mass is 401 g/mol. The zero-order valence-corrected chi connectivity index (χ0v) is 16.9. The normalized spacial score (nSPS) is 12.5. The number of likely N-dealkylation sites (N-methyl/N-ethyl adjacent to an activating group) is 1. The standard InChI is InChI=1S/C20H24N4O3S/c1-21-20(27)23-19(26)18(14-9-5-4-6-10-14)24(2)13-17(25)22-15-11-7-8-12-16(15)28-3/h4-12,18H,13H2,1-3H3,(H,22,25)(H2,21,23,26,27)/p+1/t18-/m0/s1. The van der Waals surface area contributed by atoms with Crippen molar-refractivity contribution in [2.24, 2.45) is 0 Å². The van der Waals surface area contributed by atoms with Gasteiger partial charge in [0.1, 0.15) is 0 Å². The molecule has 0 saturated carbocycles. The van der Waals surface area contributed by atoms with Crippen LogP contribution in [0.4, 0.5) is 10.5 Å². The number of hydrogen-bond acceptors (Lipinski definition) is 4. The average molecular weight is 402 g/mol. The third-order valence-electron chi connectivity index (χ3n) is 4.17. The number of thioether (sulfide) groups is 1. The topological polar surface area (TPSA) is 91.7 Å². The van der Waals surface area contributed by atoms with E-state index in [9.17, 15) is 14.4 Å². The van der Waals surface area contributed by atoms with Gasteiger partial charge in [-0.1, -0.05) is 42.5 Å². The Morgan fingerprint density at radius 1 is 1.04 bits per heavy atom. The molecule has 2 atom stereocenters. The minimum absolute atomic E-state index is 0.0590. The van der Waals surface area contributed by atoms with Gasteiger partial charge in [0, 0.05) is 17.5 Å². The van der Waals surface area contributed by atoms with Crippen LogP contribution in [0.25, 0.3) is 0 Å². The lowest BCUT2D eigenvalue weighted by atomic mass is 10.0. The zero-order valence-electron chi connectivity index (χ0n) is 16.1. The van der Waals surface area contributed by atoms with E-state index in [2.05, 4.69) is 16.0 Å². The lowest BCUT2D eigenvalue weighted by molar-refractivity contribution is -0.894. The third-order valence-corrected chi connectivity index (χ3v) is 4.97. The number of carbonyl (C=O) groups excluding carboxylic acids is 3. The summed E-state index contributed by atoms with van der Waals surface area (Å²) >= 11 is 1.54. The first-order valence-electron chi connectivity index (χ1n) is 8.79. The van der Waals surface area contributed by atoms with Crippen LogP contribution in [0.1, 0.15) is 11.6 Å². The van der Waals surface area contributed by atoms with E-state index in [-0.39, 0.29) is 12.5 Å². The van der Waals surface area contributed by atoms with Gasteiger partial charge in [-0.25, -0.2) is 4.79 Å². The van der Waals surface area contributed by atoms with E-state index in [1.54, 1.807) is 30.9 Å². The van der Waals surface area contributed by atoms with Crippen LogP contribution < -0.4 is 20.9 Å². The van der Waals surface area contributed by atoms with E-state index in [0.29, 0.717) is 4.90 Å². The Morgan fingerprint density at radius 3 is 2.32 bits per heavy atom. The summed E-state index contributed by atoms with van der Waals surface area (Å²) in [6.45, 7) is 0.0590. The zero-order chi connectivity index (χ0) is 20.5. The first kappa shape index (κ1) is 21.5. The number of amides is 4. The molecule has 2 rings (SSSR count). The molecule has 0 spiro atoms. The highest BCUT2D eigenvalue weighted by molar-refractivity contribution is 7.98. The molecule has 0 radical (unpaired) electrons. The minimum Gasteiger partial charge on any atom is -0.341 e. The number of hydrogen-bond donors (Lipinski definition) is 4. The SMILES string of the molecule is CNC(=O)NC(=O)[C@H](c1ccccc1)[NH+](C)CC(=O)Nc1ccccc1SC. The summed E-state index contributed by atoms with van der Waals surface area (Å²) in [5, 5.41) is 7.57. The molecule has 28 heavy (non-hydrogen) atoms. The van der Waals surface area contributed by atoms with Crippen molar-refractivity contribution in [2.45, 2.75) is 10.9 Å². The molecule has 4 amide bonds. The lowest BCUT2D eigenvalue weighted by Crippen LogP contribution is -3.11. The van der Waals surface area contributed by atoms with Crippen molar-refractivity contribution in [2.75, 3.05) is 32.2 Å². The fraction of sp³-hybridized carbons (Fsp3) is 0.250. The summed E-state index contributed by atoms with van der Waals surface area (Å²) in [6, 6.07) is 15.3. The fourth-order valence-electron chi connectivity index (χ4n) is 2.85. The second-order valence-corrected chi connectivity index (χ2v) is 7.03. The van der Waals surface area contributed by atoms with E-state index in [4.69, 9.17) is 0 Å². The van der Waals surface area contributed by atoms with Crippen LogP contribution >= 0.6 is 11.8 Å². The number of urea groups is 1. The highest BCUT2D eigenvalue weighted by Crippen LogP contribution is 2.24. The van der Waals surface area contributed by atoms with Gasteiger partial charge in [0.15, 0.2) is 12.6 Å². The van der Waals surface area contributed by atoms with Gasteiger partial charge in [-0.3, -0.25) is 14.9 Å². The molecule has 0 aromatic heterocycles. The van der Waals surface area contributed by atoms with Crippen molar-refractivity contribution < 1.29 is 19.3 Å². The van der Waals surface area contributed by atoms with Crippen LogP contribution in [0, 0.1) is 0 Å². The molecule has 2 aromatic rings. The number of rotatable bonds is 7. The number of nitrogens with one attached hydrogen (secondary N) is 4. The summed E-state index contributed by atoms with van der Waals surface area (Å²) in [6.07, 6.45) is 1.94. The van der Waals surface area contributed by atoms with Gasteiger partial charge in [-0.15, -0.1) is 11.8 Å². The molecule has 0 saturated heterocycles. The number of benzene rings is 2. The minimum atomic E-state index is -0.708. The Morgan fingerprint density at radius 2 is 1.68 bits per heavy atom. The number of quaternary nitrogens is 1. The van der Waals surface area contributed by atoms with Gasteiger partial charge in [0.05, 0.1) is 12.7 Å². The molecule has 0 fully saturated rings. The maximum absolute atomic E-state index is 12.7. The molecule has 0 aliphatic heterocycles. The molecule has 1 unspecified atom stereocenters. The van der Waals surface area contributed by atoms with Crippen LogP contribution in [0.15, 0.2) is 59.5 Å². The van der Waals surface area contributed by atoms with Gasteiger partial charge in [0.2, 0.25) is 0 Å². The number of imide groups is 1. The Balaban J connectivity index is 2.15. The summed E-state index contributed by atoms with van der Waals surface area (Å²) in [7, 11) is 3.19. The van der Waals surface area contributed by atoms with Crippen molar-refractivity contribution >= 4 is 35.3 Å². The predicted octanol–water partition coefficient (Wildman–Crippen LogP) is 1.06. The van der Waals surface area contributed by atoms with Crippen LogP contribution in [-0.4, -0.2) is 44.7 Å². The summed E-state index contributed by atoms with van der Waals surface area (Å²) in [5.74, 6) is -0.687. The molecule has 0 heterocycles. The molecule has 0 aliphatic rings. The summed E-state index contributed by atoms with van der Waals surface area (Å²) in [4.78, 5) is 38.4. The molecule has 4 N–H and O–H groups in total. The highest BCUT2D eigenvalue weighted by atomic mass is 32.2. The third kappa shape index (κ3) is 5.83. The van der Waals surface area contributed by atoms with Crippen molar-refractivity contribution in [3.05, 3.63) is 60.2 Å². The quantitative estimate of drug-likeness (QED) is 0.522. The van der Waals surface area contributed by atoms with Gasteiger partial charge in [-0.2, -0.15) is 0 Å². The second-order valence-electron chi connectivity index (χ2n) is 6.18. The maximum atomic E-state index is 12.7. The Labute approximate surface area is 168 Å². The largest absolute Gasteiger partial charge is 0.341 e. The van der Waals surface area contributed by atoms with Gasteiger partial charge in [0.25, 0.3) is 11.8 Å². The molecule has 2 aromatic carbocycles. The Kier molecular flexibility index (Phi) is 8.03. The molecular weight excluding hydrogens is 376 g/mol. The Bertz CT molecular complexity index is 829. The number of anilines is 1. The highest BCUT2D eigenvalue weighted by Gasteiger charge is 2.31. The van der Waals surface area contributed by atoms with Crippen molar-refractivity contribution in [1.29, 1.82) is 0 Å². The molecule has 0 aliphatic carbocycles. The summed E-state index contributed by atoms with van der Waals surface area (Å²) in [5.41, 5.74) is 1.46. The van der Waals surface area contributed by atoms with E-state index in [0.717, 1.165) is 16.1 Å². The number of para-hydroxylation sites is 1. The van der Waals surface area contributed by atoms with Crippen LogP contribution in [0.2, 0.25) is 0 Å². The van der Waals surface area contributed by atoms with Crippen LogP contribution in [-0.2, 0) is 9.59 Å². The molecule has 148 valence electrons. The van der Waals surface area contributed by atoms with Crippen LogP contribution in [0.5, 0.6) is 0 Å². The van der Waals surface area contributed by atoms with E-state index in [1.165, 1.54) is 7.05 Å². The first-order chi connectivity index (χ1) is 13.5. The fourth-order valence-corrected chi connectivity index (χ4v) is 3.40. The maximum Gasteiger partial charge on any atom is 0.321 e. The first-order valence-corrected chi connectivity index (χ1v) is 10.0. The van der Waals surface area contributed by atoms with E-state index >= 15 is 0 Å². The van der Waals surface area contributed by atoms with Gasteiger partial charge in [-0.05, 0) is 18.4 Å². The van der Waals surface area contributed by atoms with Crippen molar-refractivity contribution in [1.82, 2.24) is 10.6 Å². The molecule has 0 bridgehead atoms. The number of carbonyl (C=O) groups is 3. The van der Waals surface area contributed by atoms with Crippen LogP contribution in [0.3, 0.4) is 0 Å². The molecule has 7 nitrogen and oxygen atoms in total. The summed E-state index contributed by atoms with van der Waals surface area (Å²) < 4.78 is 0. The van der Waals surface area contributed by atoms with Gasteiger partial charge >= 0.3 is 6.03 Å². The molecular formula is C20H25N4O3S+. The molecule has 8 heteroatoms. The van der Waals surface area contributed by atoms with E-state index in [1.807, 2.05) is 48.7 Å². The van der Waals surface area contributed by atoms with Crippen molar-refractivity contribution in [3.63, 3.8) is 0 Å². The average Bonchev–Trinajstić information content (AvgIpc) is 2.69. The van der Waals surface area contributed by atoms with E-state index < -0.39 is 18.0 Å². The lowest BCUT2D eigenvalue weighted by Gasteiger charge is -2.24. The second kappa shape index (κ2) is 10.5. The Hall–Kier alpha value is -2.84. The van der Waals surface area contributed by atoms with Gasteiger partial charge < -0.3 is 15.5 Å². The smallest absolute Gasteiger partial charge is 0.321 e. The van der Waals surface area contributed by atoms with Crippen molar-refractivity contribution in [3.8, 4) is 0 Å². The predicted molar refractivity (Wildman–Crippen MR) is 110 cm³/mol.